The van der Waals surface area contributed by atoms with E-state index in [1.807, 2.05) is 0 Å². The zero-order valence-corrected chi connectivity index (χ0v) is 7.24. The fraction of sp³-hybridized carbons (Fsp3) is 0.286. The predicted molar refractivity (Wildman–Crippen MR) is 49.3 cm³/mol. The number of nitrogens with zero attached hydrogens (tertiary/aromatic N) is 2. The van der Waals surface area contributed by atoms with E-state index in [9.17, 15) is 4.79 Å². The van der Waals surface area contributed by atoms with Crippen LogP contribution >= 0.6 is 0 Å². The quantitative estimate of drug-likeness (QED) is 0.577. The Labute approximate surface area is 75.6 Å². The van der Waals surface area contributed by atoms with Crippen LogP contribution in [0.1, 0.15) is 0 Å². The molecule has 0 unspecified atom stereocenters. The molecule has 0 saturated heterocycles. The Morgan fingerprint density at radius 3 is 2.85 bits per heavy atom. The first-order valence-corrected chi connectivity index (χ1v) is 3.74. The van der Waals surface area contributed by atoms with Crippen molar-refractivity contribution in [2.45, 2.75) is 0 Å². The summed E-state index contributed by atoms with van der Waals surface area (Å²) >= 11 is 0. The van der Waals surface area contributed by atoms with Crippen LogP contribution in [0.2, 0.25) is 0 Å². The van der Waals surface area contributed by atoms with Gasteiger partial charge in [-0.3, -0.25) is 4.79 Å². The number of amides is 1. The summed E-state index contributed by atoms with van der Waals surface area (Å²) in [6.07, 6.45) is 1.40. The number of nitrogens with two attached hydrogens (primary N) is 1. The Morgan fingerprint density at radius 1 is 1.54 bits per heavy atom. The number of primary amides is 1. The molecule has 0 spiro atoms. The van der Waals surface area contributed by atoms with Crippen molar-refractivity contribution in [3.05, 3.63) is 12.4 Å². The highest BCUT2D eigenvalue weighted by Crippen LogP contribution is 2.06. The average molecular weight is 181 g/mol. The zero-order chi connectivity index (χ0) is 9.68. The molecule has 1 rings (SSSR count). The van der Waals surface area contributed by atoms with Gasteiger partial charge in [0.15, 0.2) is 0 Å². The first-order valence-electron chi connectivity index (χ1n) is 3.74. The fourth-order valence-corrected chi connectivity index (χ4v) is 0.768. The highest BCUT2D eigenvalue weighted by Gasteiger charge is 1.97. The third kappa shape index (κ3) is 2.94. The number of anilines is 2. The van der Waals surface area contributed by atoms with Gasteiger partial charge in [0.1, 0.15) is 18.0 Å². The van der Waals surface area contributed by atoms with Crippen LogP contribution in [0, 0.1) is 0 Å². The van der Waals surface area contributed by atoms with Crippen LogP contribution in [-0.4, -0.2) is 29.5 Å². The Bertz CT molecular complexity index is 301. The second-order valence-corrected chi connectivity index (χ2v) is 2.36. The van der Waals surface area contributed by atoms with Gasteiger partial charge in [-0.2, -0.15) is 0 Å². The van der Waals surface area contributed by atoms with E-state index in [-0.39, 0.29) is 6.54 Å². The number of carbonyl (C=O) groups is 1. The summed E-state index contributed by atoms with van der Waals surface area (Å²) in [5, 5.41) is 5.60. The second-order valence-electron chi connectivity index (χ2n) is 2.36. The summed E-state index contributed by atoms with van der Waals surface area (Å²) in [5.41, 5.74) is 4.95. The molecule has 0 fully saturated rings. The number of nitrogens with one attached hydrogen (secondary N) is 2. The summed E-state index contributed by atoms with van der Waals surface area (Å²) < 4.78 is 0. The molecule has 6 heteroatoms. The fourth-order valence-electron chi connectivity index (χ4n) is 0.768. The van der Waals surface area contributed by atoms with Crippen LogP contribution in [0.3, 0.4) is 0 Å². The third-order valence-corrected chi connectivity index (χ3v) is 1.37. The van der Waals surface area contributed by atoms with Gasteiger partial charge in [0.2, 0.25) is 5.91 Å². The summed E-state index contributed by atoms with van der Waals surface area (Å²) in [5.74, 6) is 0.824. The van der Waals surface area contributed by atoms with Crippen molar-refractivity contribution in [2.24, 2.45) is 5.73 Å². The van der Waals surface area contributed by atoms with Gasteiger partial charge in [-0.15, -0.1) is 0 Å². The molecule has 0 atom stereocenters. The summed E-state index contributed by atoms with van der Waals surface area (Å²) in [6.45, 7) is 0.0696. The minimum Gasteiger partial charge on any atom is -0.373 e. The minimum atomic E-state index is -0.426. The second kappa shape index (κ2) is 4.24. The minimum absolute atomic E-state index is 0.0696. The van der Waals surface area contributed by atoms with Crippen LogP contribution in [0.5, 0.6) is 0 Å². The van der Waals surface area contributed by atoms with Gasteiger partial charge < -0.3 is 16.4 Å². The third-order valence-electron chi connectivity index (χ3n) is 1.37. The van der Waals surface area contributed by atoms with Crippen LogP contribution in [-0.2, 0) is 4.79 Å². The van der Waals surface area contributed by atoms with Gasteiger partial charge >= 0.3 is 0 Å². The van der Waals surface area contributed by atoms with Gasteiger partial charge in [0.05, 0.1) is 6.54 Å². The standard InChI is InChI=1S/C7H11N5O/c1-9-6-2-7(12-4-11-6)10-3-5(8)13/h2,4H,3H2,1H3,(H2,8,13)(H2,9,10,11,12). The highest BCUT2D eigenvalue weighted by atomic mass is 16.1. The Kier molecular flexibility index (Phi) is 3.02. The van der Waals surface area contributed by atoms with Crippen molar-refractivity contribution in [1.29, 1.82) is 0 Å². The van der Waals surface area contributed by atoms with E-state index in [1.165, 1.54) is 6.33 Å². The molecule has 0 saturated carbocycles. The van der Waals surface area contributed by atoms with E-state index in [1.54, 1.807) is 13.1 Å². The largest absolute Gasteiger partial charge is 0.373 e. The average Bonchev–Trinajstić information content (AvgIpc) is 2.15. The van der Waals surface area contributed by atoms with E-state index in [0.717, 1.165) is 0 Å². The molecule has 70 valence electrons. The lowest BCUT2D eigenvalue weighted by molar-refractivity contribution is -0.116. The molecule has 0 bridgehead atoms. The lowest BCUT2D eigenvalue weighted by atomic mass is 10.5. The monoisotopic (exact) mass is 181 g/mol. The van der Waals surface area contributed by atoms with E-state index >= 15 is 0 Å². The molecule has 13 heavy (non-hydrogen) atoms. The maximum atomic E-state index is 10.4. The van der Waals surface area contributed by atoms with Crippen molar-refractivity contribution in [3.63, 3.8) is 0 Å². The van der Waals surface area contributed by atoms with Crippen molar-refractivity contribution >= 4 is 17.5 Å². The molecule has 1 amide bonds. The van der Waals surface area contributed by atoms with Gasteiger partial charge in [-0.25, -0.2) is 9.97 Å². The molecular formula is C7H11N5O. The molecule has 4 N–H and O–H groups in total. The first kappa shape index (κ1) is 9.24. The molecule has 0 aromatic carbocycles. The lowest BCUT2D eigenvalue weighted by Crippen LogP contribution is -2.22. The number of rotatable bonds is 4. The first-order chi connectivity index (χ1) is 6.22. The smallest absolute Gasteiger partial charge is 0.236 e. The van der Waals surface area contributed by atoms with Crippen molar-refractivity contribution < 1.29 is 4.79 Å². The number of carbonyl (C=O) groups excluding carboxylic acids is 1. The topological polar surface area (TPSA) is 92.9 Å². The zero-order valence-electron chi connectivity index (χ0n) is 7.24. The van der Waals surface area contributed by atoms with Crippen molar-refractivity contribution in [1.82, 2.24) is 9.97 Å². The van der Waals surface area contributed by atoms with Gasteiger partial charge in [-0.1, -0.05) is 0 Å². The Hall–Kier alpha value is -1.85. The summed E-state index contributed by atoms with van der Waals surface area (Å²) in [7, 11) is 1.75. The molecule has 0 aliphatic rings. The molecule has 1 heterocycles. The Balaban J connectivity index is 2.61. The van der Waals surface area contributed by atoms with E-state index in [4.69, 9.17) is 5.73 Å². The summed E-state index contributed by atoms with van der Waals surface area (Å²) in [4.78, 5) is 18.2. The van der Waals surface area contributed by atoms with Gasteiger partial charge in [0.25, 0.3) is 0 Å². The van der Waals surface area contributed by atoms with Crippen LogP contribution < -0.4 is 16.4 Å². The van der Waals surface area contributed by atoms with Crippen molar-refractivity contribution in [2.75, 3.05) is 24.2 Å². The molecule has 1 aromatic rings. The van der Waals surface area contributed by atoms with E-state index < -0.39 is 5.91 Å². The van der Waals surface area contributed by atoms with E-state index in [2.05, 4.69) is 20.6 Å². The molecule has 0 aliphatic heterocycles. The number of aromatic nitrogens is 2. The van der Waals surface area contributed by atoms with Crippen LogP contribution in [0.4, 0.5) is 11.6 Å². The molecular weight excluding hydrogens is 170 g/mol. The maximum Gasteiger partial charge on any atom is 0.236 e. The molecule has 0 radical (unpaired) electrons. The predicted octanol–water partition coefficient (Wildman–Crippen LogP) is -0.585. The maximum absolute atomic E-state index is 10.4. The van der Waals surface area contributed by atoms with Crippen LogP contribution in [0.15, 0.2) is 12.4 Å². The van der Waals surface area contributed by atoms with Gasteiger partial charge in [0, 0.05) is 13.1 Å². The molecule has 0 aliphatic carbocycles. The lowest BCUT2D eigenvalue weighted by Gasteiger charge is -2.03. The van der Waals surface area contributed by atoms with Crippen LogP contribution in [0.25, 0.3) is 0 Å². The van der Waals surface area contributed by atoms with E-state index in [0.29, 0.717) is 11.6 Å². The van der Waals surface area contributed by atoms with Crippen molar-refractivity contribution in [3.8, 4) is 0 Å². The SMILES string of the molecule is CNc1cc(NCC(N)=O)ncn1. The normalized spacial score (nSPS) is 9.31. The molecule has 6 nitrogen and oxygen atoms in total. The summed E-state index contributed by atoms with van der Waals surface area (Å²) in [6, 6.07) is 1.68. The number of hydrogen-bond donors (Lipinski definition) is 3. The number of hydrogen-bond acceptors (Lipinski definition) is 5. The highest BCUT2D eigenvalue weighted by molar-refractivity contribution is 5.78. The molecule has 1 aromatic heterocycles. The Morgan fingerprint density at radius 2 is 2.23 bits per heavy atom. The van der Waals surface area contributed by atoms with Gasteiger partial charge in [-0.05, 0) is 0 Å².